The molecule has 0 spiro atoms. The van der Waals surface area contributed by atoms with Crippen molar-refractivity contribution in [2.45, 2.75) is 19.4 Å². The van der Waals surface area contributed by atoms with Crippen molar-refractivity contribution in [2.24, 2.45) is 7.05 Å². The number of nitrogens with zero attached hydrogens (tertiary/aromatic N) is 3. The molecule has 7 heteroatoms. The van der Waals surface area contributed by atoms with E-state index in [0.29, 0.717) is 25.5 Å². The van der Waals surface area contributed by atoms with Crippen LogP contribution in [0.4, 0.5) is 4.39 Å². The van der Waals surface area contributed by atoms with Crippen molar-refractivity contribution in [1.29, 1.82) is 0 Å². The Labute approximate surface area is 152 Å². The normalized spacial score (nSPS) is 16.4. The van der Waals surface area contributed by atoms with Crippen LogP contribution in [0.2, 0.25) is 0 Å². The Morgan fingerprint density at radius 3 is 2.77 bits per heavy atom. The number of amides is 1. The van der Waals surface area contributed by atoms with Crippen LogP contribution in [0, 0.1) is 5.82 Å². The van der Waals surface area contributed by atoms with Crippen molar-refractivity contribution < 1.29 is 13.9 Å². The third-order valence-corrected chi connectivity index (χ3v) is 4.75. The molecule has 2 heterocycles. The lowest BCUT2D eigenvalue weighted by molar-refractivity contribution is 0.0161. The minimum absolute atomic E-state index is 0.104. The molecule has 6 nitrogen and oxygen atoms in total. The van der Waals surface area contributed by atoms with Gasteiger partial charge in [0.15, 0.2) is 0 Å². The van der Waals surface area contributed by atoms with Crippen LogP contribution in [-0.4, -0.2) is 53.4 Å². The Bertz CT molecular complexity index is 756. The van der Waals surface area contributed by atoms with Crippen LogP contribution in [0.3, 0.4) is 0 Å². The fourth-order valence-electron chi connectivity index (χ4n) is 3.29. The van der Waals surface area contributed by atoms with Crippen molar-refractivity contribution in [2.75, 3.05) is 32.8 Å². The zero-order valence-corrected chi connectivity index (χ0v) is 15.2. The summed E-state index contributed by atoms with van der Waals surface area (Å²) in [7, 11) is 1.83. The number of hydrogen-bond acceptors (Lipinski definition) is 4. The van der Waals surface area contributed by atoms with Crippen molar-refractivity contribution >= 4 is 5.91 Å². The molecule has 2 aromatic rings. The number of aromatic nitrogens is 2. The van der Waals surface area contributed by atoms with Crippen molar-refractivity contribution in [1.82, 2.24) is 20.0 Å². The topological polar surface area (TPSA) is 59.4 Å². The van der Waals surface area contributed by atoms with E-state index in [9.17, 15) is 9.18 Å². The molecule has 1 N–H and O–H groups in total. The summed E-state index contributed by atoms with van der Waals surface area (Å²) in [6, 6.07) is 8.26. The van der Waals surface area contributed by atoms with E-state index in [1.807, 2.05) is 20.0 Å². The number of hydrogen-bond donors (Lipinski definition) is 1. The maximum atomic E-state index is 13.7. The number of halogens is 1. The largest absolute Gasteiger partial charge is 0.379 e. The van der Waals surface area contributed by atoms with Gasteiger partial charge >= 0.3 is 0 Å². The second-order valence-electron chi connectivity index (χ2n) is 6.43. The minimum atomic E-state index is -0.274. The quantitative estimate of drug-likeness (QED) is 0.855. The molecule has 1 aliphatic rings. The average molecular weight is 360 g/mol. The number of rotatable bonds is 6. The third-order valence-electron chi connectivity index (χ3n) is 4.75. The summed E-state index contributed by atoms with van der Waals surface area (Å²) in [6.45, 7) is 5.19. The predicted molar refractivity (Wildman–Crippen MR) is 96.5 cm³/mol. The first kappa shape index (κ1) is 18.5. The highest BCUT2D eigenvalue weighted by molar-refractivity contribution is 5.92. The molecule has 1 aromatic heterocycles. The van der Waals surface area contributed by atoms with E-state index in [4.69, 9.17) is 4.74 Å². The number of benzene rings is 1. The molecule has 0 radical (unpaired) electrons. The maximum Gasteiger partial charge on any atom is 0.271 e. The van der Waals surface area contributed by atoms with E-state index in [2.05, 4.69) is 15.3 Å². The van der Waals surface area contributed by atoms with Gasteiger partial charge in [-0.3, -0.25) is 14.4 Å². The van der Waals surface area contributed by atoms with Gasteiger partial charge in [-0.2, -0.15) is 5.10 Å². The van der Waals surface area contributed by atoms with Gasteiger partial charge in [-0.15, -0.1) is 0 Å². The fourth-order valence-corrected chi connectivity index (χ4v) is 3.29. The lowest BCUT2D eigenvalue weighted by atomic mass is 10.0. The Balaban J connectivity index is 1.73. The van der Waals surface area contributed by atoms with Crippen LogP contribution in [0.15, 0.2) is 30.3 Å². The van der Waals surface area contributed by atoms with Crippen LogP contribution in [0.1, 0.15) is 34.7 Å². The standard InChI is InChI=1S/C19H25FN4O2/c1-3-16-12-17(22-23(16)2)19(25)21-13-18(24-7-9-26-10-8-24)14-5-4-6-15(20)11-14/h4-6,11-12,18H,3,7-10,13H2,1-2H3,(H,21,25). The Morgan fingerprint density at radius 2 is 2.12 bits per heavy atom. The van der Waals surface area contributed by atoms with E-state index in [0.717, 1.165) is 30.8 Å². The molecule has 1 fully saturated rings. The molecular weight excluding hydrogens is 335 g/mol. The van der Waals surface area contributed by atoms with E-state index in [1.54, 1.807) is 16.8 Å². The summed E-state index contributed by atoms with van der Waals surface area (Å²) >= 11 is 0. The fraction of sp³-hybridized carbons (Fsp3) is 0.474. The summed E-state index contributed by atoms with van der Waals surface area (Å²) in [6.07, 6.45) is 0.816. The van der Waals surface area contributed by atoms with Gasteiger partial charge in [0.25, 0.3) is 5.91 Å². The molecule has 1 aliphatic heterocycles. The highest BCUT2D eigenvalue weighted by Gasteiger charge is 2.24. The summed E-state index contributed by atoms with van der Waals surface area (Å²) in [4.78, 5) is 14.7. The number of carbonyl (C=O) groups is 1. The molecule has 3 rings (SSSR count). The Kier molecular flexibility index (Phi) is 6.00. The SMILES string of the molecule is CCc1cc(C(=O)NCC(c2cccc(F)c2)N2CCOCC2)nn1C. The van der Waals surface area contributed by atoms with Gasteiger partial charge in [0.1, 0.15) is 11.5 Å². The zero-order chi connectivity index (χ0) is 18.5. The lowest BCUT2D eigenvalue weighted by Crippen LogP contribution is -2.43. The minimum Gasteiger partial charge on any atom is -0.379 e. The van der Waals surface area contributed by atoms with Gasteiger partial charge in [0.05, 0.1) is 19.3 Å². The second kappa shape index (κ2) is 8.42. The molecule has 1 aromatic carbocycles. The number of carbonyl (C=O) groups excluding carboxylic acids is 1. The van der Waals surface area contributed by atoms with Crippen LogP contribution in [0.25, 0.3) is 0 Å². The highest BCUT2D eigenvalue weighted by atomic mass is 19.1. The average Bonchev–Trinajstić information content (AvgIpc) is 3.04. The maximum absolute atomic E-state index is 13.7. The number of nitrogens with one attached hydrogen (secondary N) is 1. The summed E-state index contributed by atoms with van der Waals surface area (Å²) < 4.78 is 20.8. The summed E-state index contributed by atoms with van der Waals surface area (Å²) in [5.74, 6) is -0.487. The molecule has 140 valence electrons. The van der Waals surface area contributed by atoms with Crippen molar-refractivity contribution in [3.8, 4) is 0 Å². The van der Waals surface area contributed by atoms with Gasteiger partial charge in [-0.1, -0.05) is 19.1 Å². The van der Waals surface area contributed by atoms with Crippen LogP contribution < -0.4 is 5.32 Å². The van der Waals surface area contributed by atoms with Crippen molar-refractivity contribution in [3.05, 3.63) is 53.1 Å². The molecule has 1 amide bonds. The Morgan fingerprint density at radius 1 is 1.35 bits per heavy atom. The van der Waals surface area contributed by atoms with Gasteiger partial charge in [0.2, 0.25) is 0 Å². The molecular formula is C19H25FN4O2. The van der Waals surface area contributed by atoms with E-state index in [-0.39, 0.29) is 17.8 Å². The van der Waals surface area contributed by atoms with Gasteiger partial charge in [-0.25, -0.2) is 4.39 Å². The highest BCUT2D eigenvalue weighted by Crippen LogP contribution is 2.22. The molecule has 0 aliphatic carbocycles. The predicted octanol–water partition coefficient (Wildman–Crippen LogP) is 1.92. The summed E-state index contributed by atoms with van der Waals surface area (Å²) in [5, 5.41) is 7.23. The van der Waals surface area contributed by atoms with E-state index in [1.165, 1.54) is 12.1 Å². The van der Waals surface area contributed by atoms with Crippen LogP contribution in [-0.2, 0) is 18.2 Å². The number of aryl methyl sites for hydroxylation is 2. The van der Waals surface area contributed by atoms with Crippen LogP contribution >= 0.6 is 0 Å². The second-order valence-corrected chi connectivity index (χ2v) is 6.43. The monoisotopic (exact) mass is 360 g/mol. The first-order valence-corrected chi connectivity index (χ1v) is 8.97. The van der Waals surface area contributed by atoms with E-state index >= 15 is 0 Å². The van der Waals surface area contributed by atoms with Crippen LogP contribution in [0.5, 0.6) is 0 Å². The number of ether oxygens (including phenoxy) is 1. The Hall–Kier alpha value is -2.25. The zero-order valence-electron chi connectivity index (χ0n) is 15.2. The lowest BCUT2D eigenvalue weighted by Gasteiger charge is -2.34. The molecule has 1 unspecified atom stereocenters. The smallest absolute Gasteiger partial charge is 0.271 e. The first-order valence-electron chi connectivity index (χ1n) is 8.97. The molecule has 1 atom stereocenters. The van der Waals surface area contributed by atoms with Gasteiger partial charge in [0, 0.05) is 32.4 Å². The number of morpholine rings is 1. The molecule has 26 heavy (non-hydrogen) atoms. The molecule has 0 bridgehead atoms. The molecule has 1 saturated heterocycles. The van der Waals surface area contributed by atoms with E-state index < -0.39 is 0 Å². The van der Waals surface area contributed by atoms with Gasteiger partial charge in [-0.05, 0) is 30.2 Å². The molecule has 0 saturated carbocycles. The third kappa shape index (κ3) is 4.28. The van der Waals surface area contributed by atoms with Crippen molar-refractivity contribution in [3.63, 3.8) is 0 Å². The first-order chi connectivity index (χ1) is 12.6. The van der Waals surface area contributed by atoms with Gasteiger partial charge < -0.3 is 10.1 Å². The summed E-state index contributed by atoms with van der Waals surface area (Å²) in [5.41, 5.74) is 2.26.